The molecule has 0 saturated heterocycles. The predicted octanol–water partition coefficient (Wildman–Crippen LogP) is 23.7. The molecule has 0 aromatic heterocycles. The van der Waals surface area contributed by atoms with Crippen LogP contribution in [0.3, 0.4) is 0 Å². The van der Waals surface area contributed by atoms with Gasteiger partial charge in [0.25, 0.3) is 0 Å². The van der Waals surface area contributed by atoms with E-state index in [9.17, 15) is 43.2 Å². The molecule has 0 spiro atoms. The Bertz CT molecular complexity index is 2030. The van der Waals surface area contributed by atoms with Gasteiger partial charge in [-0.3, -0.25) is 37.3 Å². The first-order valence-electron chi connectivity index (χ1n) is 41.2. The number of ether oxygens (including phenoxy) is 4. The van der Waals surface area contributed by atoms with Crippen LogP contribution in [0.5, 0.6) is 0 Å². The molecule has 17 nitrogen and oxygen atoms in total. The van der Waals surface area contributed by atoms with E-state index in [2.05, 4.69) is 72.8 Å². The number of unbranched alkanes of at least 4 members (excludes halogenated alkanes) is 42. The van der Waals surface area contributed by atoms with Crippen LogP contribution in [0.1, 0.15) is 395 Å². The quantitative estimate of drug-likeness (QED) is 0.0169. The van der Waals surface area contributed by atoms with Crippen molar-refractivity contribution in [2.75, 3.05) is 39.6 Å². The molecular weight excluding hydrogens is 1310 g/mol. The van der Waals surface area contributed by atoms with Crippen LogP contribution in [0.2, 0.25) is 0 Å². The van der Waals surface area contributed by atoms with Gasteiger partial charge in [0.05, 0.1) is 26.4 Å². The lowest BCUT2D eigenvalue weighted by molar-refractivity contribution is -0.161. The molecule has 0 rings (SSSR count). The van der Waals surface area contributed by atoms with E-state index < -0.39 is 97.5 Å². The normalized spacial score (nSPS) is 14.1. The lowest BCUT2D eigenvalue weighted by atomic mass is 10.0. The van der Waals surface area contributed by atoms with Crippen LogP contribution >= 0.6 is 15.6 Å². The Balaban J connectivity index is 5.25. The maximum Gasteiger partial charge on any atom is 0.472 e. The Morgan fingerprint density at radius 1 is 0.310 bits per heavy atom. The Morgan fingerprint density at radius 2 is 0.540 bits per heavy atom. The van der Waals surface area contributed by atoms with Gasteiger partial charge in [-0.2, -0.15) is 0 Å². The zero-order valence-corrected chi connectivity index (χ0v) is 66.9. The second-order valence-electron chi connectivity index (χ2n) is 29.9. The minimum absolute atomic E-state index is 0.0852. The highest BCUT2D eigenvalue weighted by molar-refractivity contribution is 7.47. The minimum Gasteiger partial charge on any atom is -0.462 e. The van der Waals surface area contributed by atoms with E-state index in [1.807, 2.05) is 0 Å². The third kappa shape index (κ3) is 73.8. The predicted molar refractivity (Wildman–Crippen MR) is 409 cm³/mol. The van der Waals surface area contributed by atoms with Gasteiger partial charge in [-0.25, -0.2) is 9.13 Å². The summed E-state index contributed by atoms with van der Waals surface area (Å²) in [7, 11) is -9.93. The monoisotopic (exact) mass is 1460 g/mol. The average Bonchev–Trinajstić information content (AvgIpc) is 0.960. The standard InChI is InChI=1S/C81H154O17P2/c1-8-9-10-11-12-13-14-15-20-25-28-34-43-50-57-64-80(85)97-76(68-91-78(83)62-55-48-41-33-27-24-22-19-17-16-18-21-23-26-31-38-45-52-59-72(2)3)70-95-99(87,88)93-66-75(82)67-94-100(89,90)96-71-77(69-92-79(84)63-56-49-42-37-36-40-47-54-61-74(6)7)98-81(86)65-58-51-44-35-30-29-32-39-46-53-60-73(4)5/h13-15,20,72-77,82H,8-12,16-19,21-71H2,1-7H3,(H,87,88)(H,89,90)/b14-13-,20-15-/t75?,76-,77-/m1/s1. The molecule has 100 heavy (non-hydrogen) atoms. The highest BCUT2D eigenvalue weighted by Gasteiger charge is 2.30. The maximum absolute atomic E-state index is 13.1. The molecule has 0 saturated carbocycles. The first-order valence-corrected chi connectivity index (χ1v) is 44.2. The largest absolute Gasteiger partial charge is 0.472 e. The van der Waals surface area contributed by atoms with Crippen molar-refractivity contribution in [3.63, 3.8) is 0 Å². The van der Waals surface area contributed by atoms with Crippen LogP contribution < -0.4 is 0 Å². The summed E-state index contributed by atoms with van der Waals surface area (Å²) in [4.78, 5) is 73.0. The number of esters is 4. The van der Waals surface area contributed by atoms with E-state index in [-0.39, 0.29) is 25.7 Å². The van der Waals surface area contributed by atoms with Crippen molar-refractivity contribution < 1.29 is 80.2 Å². The fourth-order valence-electron chi connectivity index (χ4n) is 11.9. The van der Waals surface area contributed by atoms with Crippen molar-refractivity contribution in [2.45, 2.75) is 414 Å². The van der Waals surface area contributed by atoms with Gasteiger partial charge >= 0.3 is 39.5 Å². The number of hydrogen-bond acceptors (Lipinski definition) is 15. The Kier molecular flexibility index (Phi) is 69.1. The van der Waals surface area contributed by atoms with Crippen LogP contribution in [0.15, 0.2) is 24.3 Å². The van der Waals surface area contributed by atoms with Crippen molar-refractivity contribution >= 4 is 39.5 Å². The van der Waals surface area contributed by atoms with Crippen molar-refractivity contribution in [1.29, 1.82) is 0 Å². The van der Waals surface area contributed by atoms with Gasteiger partial charge in [0, 0.05) is 25.7 Å². The Labute approximate surface area is 612 Å². The summed E-state index contributed by atoms with van der Waals surface area (Å²) in [6, 6.07) is 0. The topological polar surface area (TPSA) is 237 Å². The van der Waals surface area contributed by atoms with Gasteiger partial charge in [0.2, 0.25) is 0 Å². The third-order valence-corrected chi connectivity index (χ3v) is 20.2. The fraction of sp³-hybridized carbons (Fsp3) is 0.901. The highest BCUT2D eigenvalue weighted by atomic mass is 31.2. The minimum atomic E-state index is -4.97. The zero-order chi connectivity index (χ0) is 73.7. The summed E-state index contributed by atoms with van der Waals surface area (Å²) in [5, 5.41) is 10.6. The number of phosphoric ester groups is 2. The van der Waals surface area contributed by atoms with Crippen molar-refractivity contribution in [3.05, 3.63) is 24.3 Å². The van der Waals surface area contributed by atoms with E-state index in [0.717, 1.165) is 120 Å². The summed E-state index contributed by atoms with van der Waals surface area (Å²) < 4.78 is 68.6. The van der Waals surface area contributed by atoms with E-state index in [0.29, 0.717) is 25.7 Å². The van der Waals surface area contributed by atoms with Gasteiger partial charge in [-0.15, -0.1) is 0 Å². The fourth-order valence-corrected chi connectivity index (χ4v) is 13.5. The SMILES string of the molecule is CCCCCC/C=C\C=C/CCCCCCCC(=O)O[C@H](COC(=O)CCCCCCCCCCCCCCCCCCCCC(C)C)COP(=O)(O)OCC(O)COP(=O)(O)OC[C@@H](COC(=O)CCCCCCCCCCC(C)C)OC(=O)CCCCCCCCCCCCC(C)C. The number of allylic oxidation sites excluding steroid dienone is 4. The Morgan fingerprint density at radius 3 is 0.810 bits per heavy atom. The molecule has 0 heterocycles. The van der Waals surface area contributed by atoms with Crippen LogP contribution in [0, 0.1) is 17.8 Å². The zero-order valence-electron chi connectivity index (χ0n) is 65.2. The number of carbonyl (C=O) groups excluding carboxylic acids is 4. The van der Waals surface area contributed by atoms with Gasteiger partial charge in [0.15, 0.2) is 12.2 Å². The smallest absolute Gasteiger partial charge is 0.462 e. The van der Waals surface area contributed by atoms with Crippen LogP contribution in [-0.2, 0) is 65.4 Å². The molecule has 0 aromatic rings. The molecule has 3 unspecified atom stereocenters. The van der Waals surface area contributed by atoms with E-state index >= 15 is 0 Å². The van der Waals surface area contributed by atoms with Gasteiger partial charge in [-0.05, 0) is 69.1 Å². The molecule has 0 radical (unpaired) electrons. The van der Waals surface area contributed by atoms with Crippen LogP contribution in [-0.4, -0.2) is 96.7 Å². The van der Waals surface area contributed by atoms with Gasteiger partial charge in [-0.1, -0.05) is 342 Å². The molecule has 590 valence electrons. The molecule has 0 aromatic carbocycles. The molecule has 0 fully saturated rings. The summed E-state index contributed by atoms with van der Waals surface area (Å²) in [6.07, 6.45) is 62.0. The lowest BCUT2D eigenvalue weighted by Gasteiger charge is -2.21. The first-order chi connectivity index (χ1) is 48.2. The molecule has 0 bridgehead atoms. The number of aliphatic hydroxyl groups excluding tert-OH is 1. The van der Waals surface area contributed by atoms with E-state index in [1.54, 1.807) is 0 Å². The summed E-state index contributed by atoms with van der Waals surface area (Å²) >= 11 is 0. The Hall–Kier alpha value is -2.46. The van der Waals surface area contributed by atoms with E-state index in [4.69, 9.17) is 37.0 Å². The number of hydrogen-bond donors (Lipinski definition) is 3. The average molecular weight is 1460 g/mol. The number of aliphatic hydroxyl groups is 1. The first kappa shape index (κ1) is 97.5. The lowest BCUT2D eigenvalue weighted by Crippen LogP contribution is -2.30. The molecule has 0 aliphatic heterocycles. The summed E-state index contributed by atoms with van der Waals surface area (Å²) in [5.74, 6) is 0.153. The van der Waals surface area contributed by atoms with Crippen LogP contribution in [0.4, 0.5) is 0 Å². The van der Waals surface area contributed by atoms with E-state index in [1.165, 1.54) is 193 Å². The van der Waals surface area contributed by atoms with Crippen LogP contribution in [0.25, 0.3) is 0 Å². The third-order valence-electron chi connectivity index (χ3n) is 18.3. The molecule has 19 heteroatoms. The van der Waals surface area contributed by atoms with Gasteiger partial charge < -0.3 is 33.8 Å². The number of phosphoric acid groups is 2. The maximum atomic E-state index is 13.1. The molecule has 0 amide bonds. The molecule has 0 aliphatic rings. The molecular formula is C81H154O17P2. The number of carbonyl (C=O) groups is 4. The number of rotatable bonds is 77. The van der Waals surface area contributed by atoms with Crippen molar-refractivity contribution in [3.8, 4) is 0 Å². The second kappa shape index (κ2) is 70.8. The molecule has 3 N–H and O–H groups in total. The molecule has 5 atom stereocenters. The summed E-state index contributed by atoms with van der Waals surface area (Å²) in [5.41, 5.74) is 0. The second-order valence-corrected chi connectivity index (χ2v) is 32.8. The molecule has 0 aliphatic carbocycles. The van der Waals surface area contributed by atoms with Crippen molar-refractivity contribution in [2.24, 2.45) is 17.8 Å². The van der Waals surface area contributed by atoms with Gasteiger partial charge in [0.1, 0.15) is 19.3 Å². The highest BCUT2D eigenvalue weighted by Crippen LogP contribution is 2.45. The van der Waals surface area contributed by atoms with Crippen molar-refractivity contribution in [1.82, 2.24) is 0 Å². The summed E-state index contributed by atoms with van der Waals surface area (Å²) in [6.45, 7) is 11.9.